The molecule has 0 bridgehead atoms. The van der Waals surface area contributed by atoms with Crippen LogP contribution in [0.25, 0.3) is 0 Å². The number of tetrazole rings is 1. The molecule has 1 aliphatic heterocycles. The van der Waals surface area contributed by atoms with Gasteiger partial charge in [0.05, 0.1) is 18.7 Å². The molecule has 1 aromatic rings. The molecule has 2 N–H and O–H groups in total. The van der Waals surface area contributed by atoms with Crippen molar-refractivity contribution in [3.05, 3.63) is 6.33 Å². The van der Waals surface area contributed by atoms with Gasteiger partial charge < -0.3 is 14.5 Å². The Morgan fingerprint density at radius 3 is 2.80 bits per heavy atom. The fourth-order valence-corrected chi connectivity index (χ4v) is 2.23. The van der Waals surface area contributed by atoms with Crippen molar-refractivity contribution in [3.63, 3.8) is 0 Å². The monoisotopic (exact) mass is 284 g/mol. The van der Waals surface area contributed by atoms with Crippen LogP contribution in [0.1, 0.15) is 33.2 Å². The van der Waals surface area contributed by atoms with E-state index in [1.54, 1.807) is 9.58 Å². The van der Waals surface area contributed by atoms with Gasteiger partial charge in [0, 0.05) is 6.54 Å². The van der Waals surface area contributed by atoms with Gasteiger partial charge in [-0.3, -0.25) is 0 Å². The van der Waals surface area contributed by atoms with Gasteiger partial charge in [-0.2, -0.15) is 0 Å². The lowest BCUT2D eigenvalue weighted by molar-refractivity contribution is 0.0103. The van der Waals surface area contributed by atoms with Gasteiger partial charge >= 0.3 is 6.09 Å². The summed E-state index contributed by atoms with van der Waals surface area (Å²) < 4.78 is 7.03. The Labute approximate surface area is 117 Å². The van der Waals surface area contributed by atoms with Gasteiger partial charge in [0.25, 0.3) is 0 Å². The highest BCUT2D eigenvalue weighted by molar-refractivity contribution is 5.69. The smallest absolute Gasteiger partial charge is 0.410 e. The summed E-state index contributed by atoms with van der Waals surface area (Å²) in [5, 5.41) is 11.1. The Hall–Kier alpha value is -1.74. The van der Waals surface area contributed by atoms with Crippen LogP contribution in [0.4, 0.5) is 4.79 Å². The van der Waals surface area contributed by atoms with Crippen molar-refractivity contribution in [2.75, 3.05) is 13.2 Å². The molecule has 1 aliphatic rings. The first-order valence-corrected chi connectivity index (χ1v) is 6.44. The van der Waals surface area contributed by atoms with Gasteiger partial charge in [0.15, 0.2) is 0 Å². The Bertz CT molecular complexity index is 444. The van der Waals surface area contributed by atoms with Crippen LogP contribution in [0.5, 0.6) is 0 Å². The van der Waals surface area contributed by atoms with Gasteiger partial charge in [-0.1, -0.05) is 0 Å². The van der Waals surface area contributed by atoms with E-state index in [-0.39, 0.29) is 24.8 Å². The van der Waals surface area contributed by atoms with Gasteiger partial charge in [-0.05, 0) is 37.6 Å². The molecule has 2 heterocycles. The zero-order chi connectivity index (χ0) is 14.8. The Balaban J connectivity index is 2.07. The standard InChI is InChI=1S/C11H20N6O3/c1-11(2,3)20-10(18)16-5-8(4-9(16)6-19-12)17-7-13-14-15-17/h7-9H,4-6,12H2,1-3H3/t8-,9+/m0/s1. The van der Waals surface area contributed by atoms with Gasteiger partial charge in [-0.25, -0.2) is 15.4 Å². The van der Waals surface area contributed by atoms with Crippen molar-refractivity contribution in [3.8, 4) is 0 Å². The fourth-order valence-electron chi connectivity index (χ4n) is 2.23. The van der Waals surface area contributed by atoms with E-state index in [0.29, 0.717) is 13.0 Å². The minimum Gasteiger partial charge on any atom is -0.444 e. The Kier molecular flexibility index (Phi) is 4.19. The minimum atomic E-state index is -0.544. The predicted octanol–water partition coefficient (Wildman–Crippen LogP) is 0.114. The summed E-state index contributed by atoms with van der Waals surface area (Å²) in [5.41, 5.74) is -0.544. The highest BCUT2D eigenvalue weighted by Gasteiger charge is 2.38. The molecule has 20 heavy (non-hydrogen) atoms. The lowest BCUT2D eigenvalue weighted by atomic mass is 10.2. The van der Waals surface area contributed by atoms with Gasteiger partial charge in [-0.15, -0.1) is 5.10 Å². The minimum absolute atomic E-state index is 0.00216. The molecular weight excluding hydrogens is 264 g/mol. The van der Waals surface area contributed by atoms with Gasteiger partial charge in [0.1, 0.15) is 11.9 Å². The van der Waals surface area contributed by atoms with E-state index in [1.165, 1.54) is 6.33 Å². The number of carbonyl (C=O) groups is 1. The van der Waals surface area contributed by atoms with E-state index in [1.807, 2.05) is 20.8 Å². The molecule has 2 rings (SSSR count). The van der Waals surface area contributed by atoms with Crippen LogP contribution in [0.2, 0.25) is 0 Å². The third kappa shape index (κ3) is 3.42. The molecule has 1 amide bonds. The molecule has 0 aromatic carbocycles. The summed E-state index contributed by atoms with van der Waals surface area (Å²) in [6.45, 7) is 6.20. The van der Waals surface area contributed by atoms with Crippen LogP contribution in [0, 0.1) is 0 Å². The molecule has 1 fully saturated rings. The van der Waals surface area contributed by atoms with Crippen molar-refractivity contribution in [2.45, 2.75) is 44.9 Å². The van der Waals surface area contributed by atoms with Crippen LogP contribution >= 0.6 is 0 Å². The van der Waals surface area contributed by atoms with E-state index in [4.69, 9.17) is 15.5 Å². The Morgan fingerprint density at radius 1 is 1.50 bits per heavy atom. The molecule has 0 spiro atoms. The molecule has 9 heteroatoms. The number of ether oxygens (including phenoxy) is 1. The van der Waals surface area contributed by atoms with Crippen molar-refractivity contribution in [1.82, 2.24) is 25.1 Å². The molecule has 112 valence electrons. The molecule has 0 radical (unpaired) electrons. The number of hydrogen-bond acceptors (Lipinski definition) is 7. The third-order valence-electron chi connectivity index (χ3n) is 3.05. The number of nitrogens with zero attached hydrogens (tertiary/aromatic N) is 5. The van der Waals surface area contributed by atoms with Crippen molar-refractivity contribution >= 4 is 6.09 Å². The predicted molar refractivity (Wildman–Crippen MR) is 68.3 cm³/mol. The fraction of sp³-hybridized carbons (Fsp3) is 0.818. The zero-order valence-electron chi connectivity index (χ0n) is 11.9. The number of likely N-dealkylation sites (tertiary alicyclic amines) is 1. The second-order valence-electron chi connectivity index (χ2n) is 5.80. The lowest BCUT2D eigenvalue weighted by Crippen LogP contribution is -2.42. The quantitative estimate of drug-likeness (QED) is 0.785. The maximum absolute atomic E-state index is 12.2. The largest absolute Gasteiger partial charge is 0.444 e. The number of aromatic nitrogens is 4. The molecule has 1 saturated heterocycles. The van der Waals surface area contributed by atoms with Crippen molar-refractivity contribution < 1.29 is 14.4 Å². The summed E-state index contributed by atoms with van der Waals surface area (Å²) in [7, 11) is 0. The maximum atomic E-state index is 12.2. The van der Waals surface area contributed by atoms with Crippen LogP contribution in [0.3, 0.4) is 0 Å². The summed E-state index contributed by atoms with van der Waals surface area (Å²) in [6, 6.07) is -0.151. The summed E-state index contributed by atoms with van der Waals surface area (Å²) >= 11 is 0. The molecule has 0 saturated carbocycles. The second-order valence-corrected chi connectivity index (χ2v) is 5.80. The van der Waals surface area contributed by atoms with E-state index in [9.17, 15) is 4.79 Å². The average molecular weight is 284 g/mol. The molecular formula is C11H20N6O3. The van der Waals surface area contributed by atoms with Crippen LogP contribution in [0.15, 0.2) is 6.33 Å². The number of amides is 1. The first-order valence-electron chi connectivity index (χ1n) is 6.44. The summed E-state index contributed by atoms with van der Waals surface area (Å²) in [5.74, 6) is 5.14. The number of carbonyl (C=O) groups excluding carboxylic acids is 1. The topological polar surface area (TPSA) is 108 Å². The van der Waals surface area contributed by atoms with Crippen LogP contribution in [-0.2, 0) is 9.57 Å². The van der Waals surface area contributed by atoms with Crippen molar-refractivity contribution in [1.29, 1.82) is 0 Å². The van der Waals surface area contributed by atoms with E-state index < -0.39 is 5.60 Å². The first-order chi connectivity index (χ1) is 9.40. The maximum Gasteiger partial charge on any atom is 0.410 e. The molecule has 1 aromatic heterocycles. The lowest BCUT2D eigenvalue weighted by Gasteiger charge is -2.27. The summed E-state index contributed by atoms with van der Waals surface area (Å²) in [6.07, 6.45) is 1.82. The normalized spacial score (nSPS) is 23.1. The van der Waals surface area contributed by atoms with Crippen LogP contribution < -0.4 is 5.90 Å². The molecule has 0 unspecified atom stereocenters. The highest BCUT2D eigenvalue weighted by atomic mass is 16.6. The molecule has 2 atom stereocenters. The zero-order valence-corrected chi connectivity index (χ0v) is 11.9. The second kappa shape index (κ2) is 5.71. The van der Waals surface area contributed by atoms with E-state index in [2.05, 4.69) is 15.5 Å². The highest BCUT2D eigenvalue weighted by Crippen LogP contribution is 2.28. The number of nitrogens with two attached hydrogens (primary N) is 1. The summed E-state index contributed by atoms with van der Waals surface area (Å²) in [4.78, 5) is 18.5. The van der Waals surface area contributed by atoms with E-state index in [0.717, 1.165) is 0 Å². The average Bonchev–Trinajstić information content (AvgIpc) is 2.94. The molecule has 9 nitrogen and oxygen atoms in total. The number of hydrogen-bond donors (Lipinski definition) is 1. The number of rotatable bonds is 3. The van der Waals surface area contributed by atoms with E-state index >= 15 is 0 Å². The van der Waals surface area contributed by atoms with Gasteiger partial charge in [0.2, 0.25) is 0 Å². The van der Waals surface area contributed by atoms with Crippen molar-refractivity contribution in [2.24, 2.45) is 5.90 Å². The Morgan fingerprint density at radius 2 is 2.25 bits per heavy atom. The molecule has 0 aliphatic carbocycles. The first kappa shape index (κ1) is 14.7. The SMILES string of the molecule is CC(C)(C)OC(=O)N1C[C@@H](n2cnnn2)C[C@@H]1CON. The third-order valence-corrected chi connectivity index (χ3v) is 3.05. The van der Waals surface area contributed by atoms with Crippen LogP contribution in [-0.4, -0.2) is 56.0 Å².